The van der Waals surface area contributed by atoms with Gasteiger partial charge in [0.2, 0.25) is 7.59 Å². The zero-order valence-electron chi connectivity index (χ0n) is 15.8. The highest BCUT2D eigenvalue weighted by Gasteiger charge is 2.30. The molecule has 0 spiro atoms. The largest absolute Gasteiger partial charge is 0.444 e. The number of amides is 2. The molecule has 0 aromatic carbocycles. The number of ether oxygens (including phenoxy) is 2. The average molecular weight is 535 g/mol. The summed E-state index contributed by atoms with van der Waals surface area (Å²) in [5.74, 6) is 3.01. The highest BCUT2D eigenvalue weighted by atomic mass is 35.6. The van der Waals surface area contributed by atoms with Gasteiger partial charge in [-0.1, -0.05) is 109 Å². The molecule has 13 heteroatoms. The number of carbonyl (C=O) groups excluding carboxylic acids is 2. The van der Waals surface area contributed by atoms with E-state index in [4.69, 9.17) is 79.1 Å². The van der Waals surface area contributed by atoms with Gasteiger partial charge in [-0.2, -0.15) is 0 Å². The predicted molar refractivity (Wildman–Crippen MR) is 118 cm³/mol. The Morgan fingerprint density at radius 1 is 1.04 bits per heavy atom. The molecule has 0 saturated carbocycles. The van der Waals surface area contributed by atoms with Gasteiger partial charge in [-0.25, -0.2) is 20.0 Å². The van der Waals surface area contributed by atoms with Crippen LogP contribution >= 0.6 is 69.6 Å². The lowest BCUT2D eigenvalue weighted by atomic mass is 10.2. The van der Waals surface area contributed by atoms with Gasteiger partial charge in [-0.15, -0.1) is 5.54 Å². The Morgan fingerprint density at radius 3 is 1.96 bits per heavy atom. The number of hydrogen-bond acceptors (Lipinski definition) is 4. The van der Waals surface area contributed by atoms with Crippen molar-refractivity contribution in [1.29, 1.82) is 0 Å². The summed E-state index contributed by atoms with van der Waals surface area (Å²) in [6.45, 7) is 6.96. The molecule has 28 heavy (non-hydrogen) atoms. The first kappa shape index (κ1) is 28.1. The molecule has 0 bridgehead atoms. The van der Waals surface area contributed by atoms with Crippen LogP contribution < -0.4 is 5.43 Å². The van der Waals surface area contributed by atoms with Gasteiger partial charge in [0, 0.05) is 0 Å². The summed E-state index contributed by atoms with van der Waals surface area (Å²) in [5, 5.41) is 0.883. The Bertz CT molecular complexity index is 593. The first-order valence-corrected chi connectivity index (χ1v) is 13.9. The highest BCUT2D eigenvalue weighted by molar-refractivity contribution is 6.83. The second kappa shape index (κ2) is 12.0. The molecule has 6 nitrogen and oxygen atoms in total. The lowest BCUT2D eigenvalue weighted by Crippen LogP contribution is -2.52. The smallest absolute Gasteiger partial charge is 0.430 e. The summed E-state index contributed by atoms with van der Waals surface area (Å²) in [4.78, 5) is 24.5. The summed E-state index contributed by atoms with van der Waals surface area (Å²) in [6.07, 6.45) is -0.886. The van der Waals surface area contributed by atoms with E-state index in [1.807, 2.05) is 26.6 Å². The zero-order chi connectivity index (χ0) is 22.2. The van der Waals surface area contributed by atoms with Gasteiger partial charge in [-0.3, -0.25) is 0 Å². The van der Waals surface area contributed by atoms with Gasteiger partial charge < -0.3 is 9.47 Å². The molecule has 1 N–H and O–H groups in total. The monoisotopic (exact) mass is 532 g/mol. The Kier molecular flexibility index (Phi) is 12.1. The molecule has 0 saturated heterocycles. The molecule has 0 aromatic heterocycles. The minimum Gasteiger partial charge on any atom is -0.444 e. The third-order valence-electron chi connectivity index (χ3n) is 2.62. The van der Waals surface area contributed by atoms with Crippen LogP contribution in [0.3, 0.4) is 0 Å². The van der Waals surface area contributed by atoms with E-state index < -0.39 is 47.1 Å². The van der Waals surface area contributed by atoms with Crippen molar-refractivity contribution in [2.24, 2.45) is 0 Å². The Morgan fingerprint density at radius 2 is 1.54 bits per heavy atom. The van der Waals surface area contributed by atoms with Crippen molar-refractivity contribution >= 4 is 89.9 Å². The van der Waals surface area contributed by atoms with Crippen molar-refractivity contribution in [3.05, 3.63) is 0 Å². The van der Waals surface area contributed by atoms with Crippen molar-refractivity contribution in [3.8, 4) is 11.5 Å². The summed E-state index contributed by atoms with van der Waals surface area (Å²) in [7, 11) is -1.76. The van der Waals surface area contributed by atoms with Crippen molar-refractivity contribution in [3.63, 3.8) is 0 Å². The molecular formula is C15H22Cl6N2O4Si. The average Bonchev–Trinajstić information content (AvgIpc) is 2.50. The number of hydrogen-bond donors (Lipinski definition) is 1. The first-order chi connectivity index (χ1) is 12.5. The zero-order valence-corrected chi connectivity index (χ0v) is 21.3. The maximum atomic E-state index is 12.5. The van der Waals surface area contributed by atoms with Gasteiger partial charge in [0.25, 0.3) is 0 Å². The fraction of sp³-hybridized carbons (Fsp3) is 0.733. The molecule has 0 aliphatic rings. The molecule has 0 fully saturated rings. The first-order valence-electron chi connectivity index (χ1n) is 8.09. The van der Waals surface area contributed by atoms with Crippen LogP contribution in [0.4, 0.5) is 9.59 Å². The van der Waals surface area contributed by atoms with Crippen molar-refractivity contribution in [1.82, 2.24) is 10.4 Å². The summed E-state index contributed by atoms with van der Waals surface area (Å²) in [6, 6.07) is -0.695. The van der Waals surface area contributed by atoms with Gasteiger partial charge in [0.1, 0.15) is 27.3 Å². The number of carbonyl (C=O) groups is 2. The number of nitrogens with zero attached hydrogens (tertiary/aromatic N) is 1. The Balaban J connectivity index is 5.50. The van der Waals surface area contributed by atoms with E-state index in [0.29, 0.717) is 12.8 Å². The third kappa shape index (κ3) is 15.0. The van der Waals surface area contributed by atoms with Crippen molar-refractivity contribution < 1.29 is 19.1 Å². The molecule has 1 unspecified atom stereocenters. The summed E-state index contributed by atoms with van der Waals surface area (Å²) < 4.78 is 6.13. The van der Waals surface area contributed by atoms with Crippen LogP contribution in [0.1, 0.15) is 19.8 Å². The SMILES string of the molecule is CCCC(C#C[Si](C)(C)C)N(NC(=O)OCC(Cl)(Cl)Cl)C(=O)OCC(Cl)(Cl)Cl. The molecule has 0 heterocycles. The van der Waals surface area contributed by atoms with Crippen LogP contribution in [-0.4, -0.2) is 52.1 Å². The van der Waals surface area contributed by atoms with Crippen LogP contribution in [-0.2, 0) is 9.47 Å². The molecule has 0 aromatic rings. The molecule has 162 valence electrons. The van der Waals surface area contributed by atoms with E-state index in [-0.39, 0.29) is 0 Å². The maximum absolute atomic E-state index is 12.5. The van der Waals surface area contributed by atoms with Crippen molar-refractivity contribution in [2.45, 2.75) is 53.0 Å². The number of alkyl halides is 6. The normalized spacial score (nSPS) is 13.1. The van der Waals surface area contributed by atoms with Crippen LogP contribution in [0.5, 0.6) is 0 Å². The fourth-order valence-electron chi connectivity index (χ4n) is 1.58. The minimum absolute atomic E-state index is 0.449. The second-order valence-corrected chi connectivity index (χ2v) is 16.4. The number of nitrogens with one attached hydrogen (secondary N) is 1. The molecule has 2 amide bonds. The number of rotatable bonds is 5. The quantitative estimate of drug-likeness (QED) is 0.208. The molecular weight excluding hydrogens is 513 g/mol. The molecule has 0 aliphatic heterocycles. The van der Waals surface area contributed by atoms with Crippen LogP contribution in [0.2, 0.25) is 19.6 Å². The van der Waals surface area contributed by atoms with Gasteiger partial charge in [0.15, 0.2) is 0 Å². The lowest BCUT2D eigenvalue weighted by Gasteiger charge is -2.28. The minimum atomic E-state index is -1.82. The third-order valence-corrected chi connectivity index (χ3v) is 4.17. The van der Waals surface area contributed by atoms with Gasteiger partial charge in [0.05, 0.1) is 0 Å². The summed E-state index contributed by atoms with van der Waals surface area (Å²) >= 11 is 33.5. The highest BCUT2D eigenvalue weighted by Crippen LogP contribution is 2.27. The van der Waals surface area contributed by atoms with Gasteiger partial charge in [-0.05, 0) is 6.42 Å². The topological polar surface area (TPSA) is 67.9 Å². The van der Waals surface area contributed by atoms with E-state index >= 15 is 0 Å². The van der Waals surface area contributed by atoms with E-state index in [0.717, 1.165) is 5.01 Å². The molecule has 0 radical (unpaired) electrons. The Hall–Kier alpha value is 0.0569. The van der Waals surface area contributed by atoms with Crippen LogP contribution in [0.25, 0.3) is 0 Å². The standard InChI is InChI=1S/C15H22Cl6N2O4Si/c1-5-6-11(7-8-28(2,3)4)23(13(25)27-10-15(19,20)21)22-12(24)26-9-14(16,17)18/h11H,5-6,9-10H2,1-4H3,(H,22,24). The lowest BCUT2D eigenvalue weighted by molar-refractivity contribution is 0.0609. The van der Waals surface area contributed by atoms with E-state index in [9.17, 15) is 9.59 Å². The van der Waals surface area contributed by atoms with Gasteiger partial charge >= 0.3 is 12.2 Å². The number of halogens is 6. The molecule has 1 atom stereocenters. The molecule has 0 aliphatic carbocycles. The Labute approximate surface area is 196 Å². The van der Waals surface area contributed by atoms with Crippen LogP contribution in [0, 0.1) is 11.5 Å². The summed E-state index contributed by atoms with van der Waals surface area (Å²) in [5.41, 5.74) is 5.40. The second-order valence-electron chi connectivity index (χ2n) is 6.67. The maximum Gasteiger partial charge on any atom is 0.430 e. The molecule has 0 rings (SSSR count). The van der Waals surface area contributed by atoms with Crippen molar-refractivity contribution in [2.75, 3.05) is 13.2 Å². The van der Waals surface area contributed by atoms with E-state index in [2.05, 4.69) is 16.9 Å². The number of hydrazine groups is 1. The van der Waals surface area contributed by atoms with Crippen LogP contribution in [0.15, 0.2) is 0 Å². The predicted octanol–water partition coefficient (Wildman–Crippen LogP) is 5.86. The fourth-order valence-corrected chi connectivity index (χ4v) is 2.51. The van der Waals surface area contributed by atoms with E-state index in [1.54, 1.807) is 0 Å². The van der Waals surface area contributed by atoms with E-state index in [1.165, 1.54) is 0 Å².